The molecule has 2 rings (SSSR count). The molecular weight excluding hydrogens is 342 g/mol. The lowest BCUT2D eigenvalue weighted by molar-refractivity contribution is -0.143. The topological polar surface area (TPSA) is 90.3 Å². The minimum Gasteiger partial charge on any atom is -0.463 e. The van der Waals surface area contributed by atoms with Gasteiger partial charge in [-0.05, 0) is 37.6 Å². The maximum atomic E-state index is 11.9. The molecule has 8 heteroatoms. The van der Waals surface area contributed by atoms with Crippen LogP contribution in [0.3, 0.4) is 0 Å². The summed E-state index contributed by atoms with van der Waals surface area (Å²) < 4.78 is 33.2. The Balaban J connectivity index is 1.85. The summed E-state index contributed by atoms with van der Waals surface area (Å²) in [5.41, 5.74) is 2.65. The van der Waals surface area contributed by atoms with Gasteiger partial charge in [0.25, 0.3) is 0 Å². The van der Waals surface area contributed by atoms with Crippen LogP contribution in [-0.4, -0.2) is 37.3 Å². The third-order valence-electron chi connectivity index (χ3n) is 3.59. The first kappa shape index (κ1) is 19.1. The lowest BCUT2D eigenvalue weighted by Crippen LogP contribution is -2.23. The first-order valence-electron chi connectivity index (χ1n) is 8.07. The van der Waals surface area contributed by atoms with Gasteiger partial charge in [-0.1, -0.05) is 19.1 Å². The molecule has 0 amide bonds. The molecule has 7 nitrogen and oxygen atoms in total. The standard InChI is InChI=1S/C17H23N3O4S/c1-4-18-25(22,23)16-7-5-15(6-8-16)12-17(21)24-10-9-20-14(3)11-13(2)19-20/h5-8,11,18H,4,9-10,12H2,1-3H3. The minimum absolute atomic E-state index is 0.0959. The molecule has 0 unspecified atom stereocenters. The highest BCUT2D eigenvalue weighted by atomic mass is 32.2. The van der Waals surface area contributed by atoms with Crippen LogP contribution >= 0.6 is 0 Å². The number of benzene rings is 1. The second-order valence-corrected chi connectivity index (χ2v) is 7.46. The summed E-state index contributed by atoms with van der Waals surface area (Å²) in [5.74, 6) is -0.358. The molecule has 0 aliphatic carbocycles. The van der Waals surface area contributed by atoms with E-state index in [1.165, 1.54) is 12.1 Å². The highest BCUT2D eigenvalue weighted by Gasteiger charge is 2.13. The van der Waals surface area contributed by atoms with Gasteiger partial charge >= 0.3 is 5.97 Å². The lowest BCUT2D eigenvalue weighted by atomic mass is 10.1. The van der Waals surface area contributed by atoms with E-state index in [9.17, 15) is 13.2 Å². The van der Waals surface area contributed by atoms with Gasteiger partial charge in [-0.15, -0.1) is 0 Å². The van der Waals surface area contributed by atoms with Crippen molar-refractivity contribution in [2.24, 2.45) is 0 Å². The van der Waals surface area contributed by atoms with Crippen LogP contribution in [-0.2, 0) is 32.5 Å². The number of hydrogen-bond donors (Lipinski definition) is 1. The summed E-state index contributed by atoms with van der Waals surface area (Å²) in [6.07, 6.45) is 0.0959. The van der Waals surface area contributed by atoms with Gasteiger partial charge in [-0.2, -0.15) is 5.10 Å². The van der Waals surface area contributed by atoms with Crippen LogP contribution in [0.4, 0.5) is 0 Å². The van der Waals surface area contributed by atoms with Crippen molar-refractivity contribution >= 4 is 16.0 Å². The van der Waals surface area contributed by atoms with Crippen LogP contribution < -0.4 is 4.72 Å². The highest BCUT2D eigenvalue weighted by Crippen LogP contribution is 2.11. The van der Waals surface area contributed by atoms with Gasteiger partial charge in [0.2, 0.25) is 10.0 Å². The average Bonchev–Trinajstić information content (AvgIpc) is 2.85. The minimum atomic E-state index is -3.48. The molecule has 0 aliphatic rings. The zero-order chi connectivity index (χ0) is 18.4. The van der Waals surface area contributed by atoms with Crippen LogP contribution in [0.5, 0.6) is 0 Å². The molecule has 0 saturated heterocycles. The van der Waals surface area contributed by atoms with E-state index >= 15 is 0 Å². The van der Waals surface area contributed by atoms with Crippen molar-refractivity contribution in [3.63, 3.8) is 0 Å². The van der Waals surface area contributed by atoms with Gasteiger partial charge in [0, 0.05) is 12.2 Å². The molecular formula is C17H23N3O4S. The molecule has 0 fully saturated rings. The van der Waals surface area contributed by atoms with Crippen molar-refractivity contribution in [1.29, 1.82) is 0 Å². The van der Waals surface area contributed by atoms with Crippen molar-refractivity contribution in [3.05, 3.63) is 47.3 Å². The number of rotatable bonds is 8. The number of carbonyl (C=O) groups is 1. The predicted octanol–water partition coefficient (Wildman–Crippen LogP) is 1.58. The number of esters is 1. The van der Waals surface area contributed by atoms with E-state index in [1.54, 1.807) is 23.7 Å². The number of hydrogen-bond acceptors (Lipinski definition) is 5. The number of nitrogens with zero attached hydrogens (tertiary/aromatic N) is 2. The number of ether oxygens (including phenoxy) is 1. The summed E-state index contributed by atoms with van der Waals surface area (Å²) in [4.78, 5) is 12.1. The van der Waals surface area contributed by atoms with Gasteiger partial charge < -0.3 is 4.74 Å². The Morgan fingerprint density at radius 1 is 1.24 bits per heavy atom. The fourth-order valence-corrected chi connectivity index (χ4v) is 3.47. The van der Waals surface area contributed by atoms with Crippen LogP contribution in [0, 0.1) is 13.8 Å². The Kier molecular flexibility index (Phi) is 6.33. The summed E-state index contributed by atoms with van der Waals surface area (Å²) >= 11 is 0. The molecule has 25 heavy (non-hydrogen) atoms. The van der Waals surface area contributed by atoms with Crippen molar-refractivity contribution in [2.75, 3.05) is 13.2 Å². The number of aryl methyl sites for hydroxylation is 2. The normalized spacial score (nSPS) is 11.5. The fraction of sp³-hybridized carbons (Fsp3) is 0.412. The van der Waals surface area contributed by atoms with E-state index in [2.05, 4.69) is 9.82 Å². The molecule has 1 aromatic carbocycles. The monoisotopic (exact) mass is 365 g/mol. The second-order valence-electron chi connectivity index (χ2n) is 5.69. The van der Waals surface area contributed by atoms with Crippen LogP contribution in [0.15, 0.2) is 35.2 Å². The van der Waals surface area contributed by atoms with Crippen LogP contribution in [0.25, 0.3) is 0 Å². The molecule has 1 heterocycles. The third kappa shape index (κ3) is 5.40. The molecule has 0 atom stereocenters. The molecule has 0 bridgehead atoms. The van der Waals surface area contributed by atoms with Crippen molar-refractivity contribution in [2.45, 2.75) is 38.6 Å². The second kappa shape index (κ2) is 8.26. The first-order chi connectivity index (χ1) is 11.8. The van der Waals surface area contributed by atoms with Gasteiger partial charge in [-0.3, -0.25) is 9.48 Å². The molecule has 0 aliphatic heterocycles. The third-order valence-corrected chi connectivity index (χ3v) is 5.15. The van der Waals surface area contributed by atoms with E-state index in [4.69, 9.17) is 4.74 Å². The predicted molar refractivity (Wildman–Crippen MR) is 93.7 cm³/mol. The van der Waals surface area contributed by atoms with Gasteiger partial charge in [0.05, 0.1) is 23.6 Å². The van der Waals surface area contributed by atoms with E-state index in [0.717, 1.165) is 11.4 Å². The summed E-state index contributed by atoms with van der Waals surface area (Å²) in [6, 6.07) is 8.16. The Morgan fingerprint density at radius 3 is 2.48 bits per heavy atom. The Labute approximate surface area is 148 Å². The van der Waals surface area contributed by atoms with E-state index < -0.39 is 10.0 Å². The molecule has 1 aromatic heterocycles. The zero-order valence-electron chi connectivity index (χ0n) is 14.7. The average molecular weight is 365 g/mol. The molecule has 0 spiro atoms. The van der Waals surface area contributed by atoms with E-state index in [0.29, 0.717) is 18.7 Å². The van der Waals surface area contributed by atoms with Crippen molar-refractivity contribution < 1.29 is 17.9 Å². The quantitative estimate of drug-likeness (QED) is 0.718. The number of sulfonamides is 1. The Bertz CT molecular complexity index is 826. The summed E-state index contributed by atoms with van der Waals surface area (Å²) in [6.45, 7) is 6.65. The smallest absolute Gasteiger partial charge is 0.310 e. The summed E-state index contributed by atoms with van der Waals surface area (Å²) in [7, 11) is -3.48. The molecule has 1 N–H and O–H groups in total. The Morgan fingerprint density at radius 2 is 1.92 bits per heavy atom. The van der Waals surface area contributed by atoms with Crippen LogP contribution in [0.2, 0.25) is 0 Å². The maximum Gasteiger partial charge on any atom is 0.310 e. The molecule has 2 aromatic rings. The highest BCUT2D eigenvalue weighted by molar-refractivity contribution is 7.89. The number of aromatic nitrogens is 2. The number of carbonyl (C=O) groups excluding carboxylic acids is 1. The van der Waals surface area contributed by atoms with Gasteiger partial charge in [-0.25, -0.2) is 13.1 Å². The van der Waals surface area contributed by atoms with Crippen LogP contribution in [0.1, 0.15) is 23.9 Å². The van der Waals surface area contributed by atoms with Crippen molar-refractivity contribution in [1.82, 2.24) is 14.5 Å². The molecule has 0 radical (unpaired) electrons. The summed E-state index contributed by atoms with van der Waals surface area (Å²) in [5, 5.41) is 4.30. The van der Waals surface area contributed by atoms with Crippen molar-refractivity contribution in [3.8, 4) is 0 Å². The van der Waals surface area contributed by atoms with E-state index in [-0.39, 0.29) is 23.9 Å². The fourth-order valence-electron chi connectivity index (χ4n) is 2.42. The SMILES string of the molecule is CCNS(=O)(=O)c1ccc(CC(=O)OCCn2nc(C)cc2C)cc1. The largest absolute Gasteiger partial charge is 0.463 e. The molecule has 0 saturated carbocycles. The van der Waals surface area contributed by atoms with E-state index in [1.807, 2.05) is 19.9 Å². The van der Waals surface area contributed by atoms with Gasteiger partial charge in [0.15, 0.2) is 0 Å². The molecule has 136 valence electrons. The maximum absolute atomic E-state index is 11.9. The first-order valence-corrected chi connectivity index (χ1v) is 9.55. The Hall–Kier alpha value is -2.19. The lowest BCUT2D eigenvalue weighted by Gasteiger charge is -2.08. The van der Waals surface area contributed by atoms with Gasteiger partial charge in [0.1, 0.15) is 6.61 Å². The zero-order valence-corrected chi connectivity index (χ0v) is 15.5. The number of nitrogens with one attached hydrogen (secondary N) is 1.